The Morgan fingerprint density at radius 1 is 1.30 bits per heavy atom. The molecule has 0 bridgehead atoms. The van der Waals surface area contributed by atoms with Crippen LogP contribution in [-0.4, -0.2) is 32.5 Å². The summed E-state index contributed by atoms with van der Waals surface area (Å²) in [5, 5.41) is 9.91. The van der Waals surface area contributed by atoms with Gasteiger partial charge in [-0.25, -0.2) is 9.89 Å². The van der Waals surface area contributed by atoms with Crippen LogP contribution < -0.4 is 11.0 Å². The number of rotatable bonds is 7. The molecule has 6 nitrogen and oxygen atoms in total. The zero-order chi connectivity index (χ0) is 16.8. The van der Waals surface area contributed by atoms with Crippen molar-refractivity contribution in [3.8, 4) is 0 Å². The number of amides is 1. The smallest absolute Gasteiger partial charge is 0.344 e. The Morgan fingerprint density at radius 3 is 2.65 bits per heavy atom. The van der Waals surface area contributed by atoms with Crippen LogP contribution in [0.4, 0.5) is 0 Å². The van der Waals surface area contributed by atoms with E-state index in [-0.39, 0.29) is 23.4 Å². The topological polar surface area (TPSA) is 79.8 Å². The summed E-state index contributed by atoms with van der Waals surface area (Å²) in [6.45, 7) is 6.53. The summed E-state index contributed by atoms with van der Waals surface area (Å²) >= 11 is 1.26. The van der Waals surface area contributed by atoms with Gasteiger partial charge in [0, 0.05) is 6.04 Å². The van der Waals surface area contributed by atoms with Gasteiger partial charge in [-0.1, -0.05) is 55.9 Å². The highest BCUT2D eigenvalue weighted by Gasteiger charge is 2.14. The van der Waals surface area contributed by atoms with Crippen LogP contribution in [0.15, 0.2) is 40.3 Å². The first-order chi connectivity index (χ1) is 11.0. The number of nitrogens with zero attached hydrogens (tertiary/aromatic N) is 2. The lowest BCUT2D eigenvalue weighted by atomic mass is 10.1. The molecule has 0 aliphatic heterocycles. The summed E-state index contributed by atoms with van der Waals surface area (Å²) in [4.78, 5) is 23.8. The van der Waals surface area contributed by atoms with Crippen LogP contribution >= 0.6 is 11.8 Å². The molecule has 1 atom stereocenters. The molecule has 1 aromatic carbocycles. The number of nitrogens with one attached hydrogen (secondary N) is 2. The average Bonchev–Trinajstić information content (AvgIpc) is 2.87. The fraction of sp³-hybridized carbons (Fsp3) is 0.438. The van der Waals surface area contributed by atoms with Gasteiger partial charge in [0.25, 0.3) is 0 Å². The quantitative estimate of drug-likeness (QED) is 0.758. The monoisotopic (exact) mass is 334 g/mol. The molecular weight excluding hydrogens is 312 g/mol. The van der Waals surface area contributed by atoms with E-state index >= 15 is 0 Å². The number of hydrogen-bond donors (Lipinski definition) is 2. The maximum absolute atomic E-state index is 12.0. The molecule has 0 unspecified atom stereocenters. The largest absolute Gasteiger partial charge is 0.353 e. The minimum Gasteiger partial charge on any atom is -0.353 e. The molecule has 0 aliphatic carbocycles. The first-order valence-corrected chi connectivity index (χ1v) is 8.57. The van der Waals surface area contributed by atoms with Crippen LogP contribution in [0, 0.1) is 5.92 Å². The third-order valence-electron chi connectivity index (χ3n) is 3.63. The lowest BCUT2D eigenvalue weighted by Gasteiger charge is -2.17. The Morgan fingerprint density at radius 2 is 2.00 bits per heavy atom. The molecule has 7 heteroatoms. The van der Waals surface area contributed by atoms with Crippen molar-refractivity contribution in [3.05, 3.63) is 46.4 Å². The molecule has 0 saturated carbocycles. The summed E-state index contributed by atoms with van der Waals surface area (Å²) in [5.41, 5.74) is 0.739. The van der Waals surface area contributed by atoms with E-state index in [1.54, 1.807) is 4.57 Å². The van der Waals surface area contributed by atoms with Gasteiger partial charge >= 0.3 is 5.69 Å². The van der Waals surface area contributed by atoms with Crippen molar-refractivity contribution in [1.82, 2.24) is 20.1 Å². The summed E-state index contributed by atoms with van der Waals surface area (Å²) in [7, 11) is 0. The third-order valence-corrected chi connectivity index (χ3v) is 4.60. The van der Waals surface area contributed by atoms with Gasteiger partial charge < -0.3 is 5.32 Å². The van der Waals surface area contributed by atoms with Crippen molar-refractivity contribution >= 4 is 17.7 Å². The van der Waals surface area contributed by atoms with E-state index in [9.17, 15) is 9.59 Å². The third kappa shape index (κ3) is 4.99. The Balaban J connectivity index is 1.99. The molecule has 2 N–H and O–H groups in total. The zero-order valence-electron chi connectivity index (χ0n) is 13.6. The second-order valence-corrected chi connectivity index (χ2v) is 6.71. The molecular formula is C16H22N4O2S. The fourth-order valence-electron chi connectivity index (χ4n) is 1.91. The van der Waals surface area contributed by atoms with Crippen molar-refractivity contribution in [2.45, 2.75) is 38.5 Å². The van der Waals surface area contributed by atoms with E-state index in [4.69, 9.17) is 0 Å². The van der Waals surface area contributed by atoms with Crippen molar-refractivity contribution in [2.24, 2.45) is 5.92 Å². The van der Waals surface area contributed by atoms with E-state index in [0.717, 1.165) is 5.56 Å². The summed E-state index contributed by atoms with van der Waals surface area (Å²) in [6.07, 6.45) is 0. The average molecular weight is 334 g/mol. The van der Waals surface area contributed by atoms with Crippen molar-refractivity contribution in [3.63, 3.8) is 0 Å². The minimum atomic E-state index is -0.271. The molecule has 1 amide bonds. The van der Waals surface area contributed by atoms with E-state index < -0.39 is 0 Å². The second kappa shape index (κ2) is 8.01. The normalized spacial score (nSPS) is 12.3. The highest BCUT2D eigenvalue weighted by Crippen LogP contribution is 2.14. The predicted molar refractivity (Wildman–Crippen MR) is 91.6 cm³/mol. The van der Waals surface area contributed by atoms with Crippen LogP contribution in [0.5, 0.6) is 0 Å². The Labute approximate surface area is 139 Å². The second-order valence-electron chi connectivity index (χ2n) is 5.77. The van der Waals surface area contributed by atoms with E-state index in [1.165, 1.54) is 11.8 Å². The van der Waals surface area contributed by atoms with Crippen LogP contribution in [0.1, 0.15) is 26.3 Å². The molecule has 2 aromatic rings. The van der Waals surface area contributed by atoms with Crippen molar-refractivity contribution < 1.29 is 4.79 Å². The number of thioether (sulfide) groups is 1. The number of hydrogen-bond acceptors (Lipinski definition) is 4. The number of aromatic nitrogens is 3. The van der Waals surface area contributed by atoms with Crippen molar-refractivity contribution in [1.29, 1.82) is 0 Å². The van der Waals surface area contributed by atoms with Gasteiger partial charge in [-0.3, -0.25) is 9.36 Å². The van der Waals surface area contributed by atoms with Gasteiger partial charge in [-0.05, 0) is 18.4 Å². The molecule has 1 heterocycles. The standard InChI is InChI=1S/C16H22N4O2S/c1-11(2)12(3)17-14(21)10-23-16-19-18-15(22)20(16)9-13-7-5-4-6-8-13/h4-8,11-12H,9-10H2,1-3H3,(H,17,21)(H,18,22)/t12-/m0/s1. The minimum absolute atomic E-state index is 0.0575. The predicted octanol–water partition coefficient (Wildman–Crippen LogP) is 1.87. The molecule has 23 heavy (non-hydrogen) atoms. The van der Waals surface area contributed by atoms with Gasteiger partial charge in [-0.2, -0.15) is 0 Å². The van der Waals surface area contributed by atoms with Crippen LogP contribution in [0.25, 0.3) is 0 Å². The van der Waals surface area contributed by atoms with E-state index in [0.29, 0.717) is 17.6 Å². The summed E-state index contributed by atoms with van der Waals surface area (Å²) in [5.74, 6) is 0.555. The maximum atomic E-state index is 12.0. The van der Waals surface area contributed by atoms with Crippen LogP contribution in [-0.2, 0) is 11.3 Å². The zero-order valence-corrected chi connectivity index (χ0v) is 14.4. The number of H-pyrrole nitrogens is 1. The molecule has 0 fully saturated rings. The SMILES string of the molecule is CC(C)[C@H](C)NC(=O)CSc1n[nH]c(=O)n1Cc1ccccc1. The first-order valence-electron chi connectivity index (χ1n) is 7.58. The van der Waals surface area contributed by atoms with Gasteiger partial charge in [0.1, 0.15) is 0 Å². The van der Waals surface area contributed by atoms with E-state index in [2.05, 4.69) is 29.4 Å². The molecule has 0 radical (unpaired) electrons. The van der Waals surface area contributed by atoms with Crippen molar-refractivity contribution in [2.75, 3.05) is 5.75 Å². The first kappa shape index (κ1) is 17.3. The van der Waals surface area contributed by atoms with Gasteiger partial charge in [0.2, 0.25) is 5.91 Å². The summed E-state index contributed by atoms with van der Waals surface area (Å²) < 4.78 is 1.54. The highest BCUT2D eigenvalue weighted by molar-refractivity contribution is 7.99. The molecule has 124 valence electrons. The molecule has 2 rings (SSSR count). The lowest BCUT2D eigenvalue weighted by molar-refractivity contribution is -0.119. The van der Waals surface area contributed by atoms with Gasteiger partial charge in [-0.15, -0.1) is 5.10 Å². The fourth-order valence-corrected chi connectivity index (χ4v) is 2.67. The van der Waals surface area contributed by atoms with Crippen LogP contribution in [0.2, 0.25) is 0 Å². The molecule has 0 spiro atoms. The van der Waals surface area contributed by atoms with Gasteiger partial charge in [0.15, 0.2) is 5.16 Å². The number of carbonyl (C=O) groups excluding carboxylic acids is 1. The Bertz CT molecular complexity index is 694. The Hall–Kier alpha value is -2.02. The number of aromatic amines is 1. The molecule has 1 aromatic heterocycles. The molecule has 0 aliphatic rings. The lowest BCUT2D eigenvalue weighted by Crippen LogP contribution is -2.37. The summed E-state index contributed by atoms with van der Waals surface area (Å²) in [6, 6.07) is 9.80. The maximum Gasteiger partial charge on any atom is 0.344 e. The van der Waals surface area contributed by atoms with Gasteiger partial charge in [0.05, 0.1) is 12.3 Å². The number of carbonyl (C=O) groups is 1. The van der Waals surface area contributed by atoms with E-state index in [1.807, 2.05) is 37.3 Å². The molecule has 0 saturated heterocycles. The number of benzene rings is 1. The Kier molecular flexibility index (Phi) is 6.04. The van der Waals surface area contributed by atoms with Crippen LogP contribution in [0.3, 0.4) is 0 Å². The highest BCUT2D eigenvalue weighted by atomic mass is 32.2.